The molecule has 0 aromatic heterocycles. The van der Waals surface area contributed by atoms with Crippen molar-refractivity contribution in [2.24, 2.45) is 11.8 Å². The van der Waals surface area contributed by atoms with Crippen LogP contribution in [0.25, 0.3) is 0 Å². The van der Waals surface area contributed by atoms with E-state index in [0.717, 1.165) is 18.1 Å². The first-order valence-electron chi connectivity index (χ1n) is 8.44. The average molecular weight is 301 g/mol. The molecular weight excluding hydrogens is 274 g/mol. The Morgan fingerprint density at radius 1 is 1.18 bits per heavy atom. The van der Waals surface area contributed by atoms with Crippen molar-refractivity contribution in [2.45, 2.75) is 57.9 Å². The molecule has 22 heavy (non-hydrogen) atoms. The molecule has 2 bridgehead atoms. The minimum absolute atomic E-state index is 0.0115. The third-order valence-corrected chi connectivity index (χ3v) is 5.17. The van der Waals surface area contributed by atoms with Crippen molar-refractivity contribution in [2.75, 3.05) is 6.61 Å². The topological polar surface area (TPSA) is 38.3 Å². The number of ether oxygens (including phenoxy) is 1. The van der Waals surface area contributed by atoms with Gasteiger partial charge in [0.15, 0.2) is 6.61 Å². The van der Waals surface area contributed by atoms with Gasteiger partial charge in [0.1, 0.15) is 5.75 Å². The van der Waals surface area contributed by atoms with E-state index in [2.05, 4.69) is 38.2 Å². The van der Waals surface area contributed by atoms with Crippen LogP contribution in [-0.2, 0) is 10.2 Å². The standard InChI is InChI=1S/C19H27NO2/c1-19(2,3)15-6-8-16(9-7-15)22-12-18(21)20-17-11-13-4-5-14(17)10-13/h6-9,13-14,17H,4-5,10-12H2,1-3H3,(H,20,21). The van der Waals surface area contributed by atoms with Gasteiger partial charge in [0.25, 0.3) is 5.91 Å². The summed E-state index contributed by atoms with van der Waals surface area (Å²) in [7, 11) is 0. The van der Waals surface area contributed by atoms with E-state index in [0.29, 0.717) is 12.0 Å². The van der Waals surface area contributed by atoms with Crippen molar-refractivity contribution in [1.29, 1.82) is 0 Å². The van der Waals surface area contributed by atoms with Crippen LogP contribution in [0.15, 0.2) is 24.3 Å². The van der Waals surface area contributed by atoms with Crippen LogP contribution in [0.3, 0.4) is 0 Å². The molecule has 0 heterocycles. The molecule has 0 saturated heterocycles. The van der Waals surface area contributed by atoms with Crippen molar-refractivity contribution in [3.05, 3.63) is 29.8 Å². The summed E-state index contributed by atoms with van der Waals surface area (Å²) >= 11 is 0. The molecule has 1 aromatic carbocycles. The molecule has 3 atom stereocenters. The summed E-state index contributed by atoms with van der Waals surface area (Å²) in [5.41, 5.74) is 1.41. The normalized spacial score (nSPS) is 27.0. The van der Waals surface area contributed by atoms with Gasteiger partial charge in [0.05, 0.1) is 0 Å². The molecule has 0 aliphatic heterocycles. The van der Waals surface area contributed by atoms with Crippen molar-refractivity contribution >= 4 is 5.91 Å². The Morgan fingerprint density at radius 2 is 1.91 bits per heavy atom. The van der Waals surface area contributed by atoms with Crippen LogP contribution in [0.2, 0.25) is 0 Å². The Balaban J connectivity index is 1.47. The van der Waals surface area contributed by atoms with Crippen molar-refractivity contribution in [1.82, 2.24) is 5.32 Å². The molecular formula is C19H27NO2. The molecule has 1 amide bonds. The van der Waals surface area contributed by atoms with E-state index in [4.69, 9.17) is 4.74 Å². The Morgan fingerprint density at radius 3 is 2.45 bits per heavy atom. The number of hydrogen-bond donors (Lipinski definition) is 1. The maximum Gasteiger partial charge on any atom is 0.258 e. The first-order valence-corrected chi connectivity index (χ1v) is 8.44. The van der Waals surface area contributed by atoms with Crippen molar-refractivity contribution in [3.63, 3.8) is 0 Å². The fourth-order valence-electron chi connectivity index (χ4n) is 3.87. The molecule has 3 nitrogen and oxygen atoms in total. The quantitative estimate of drug-likeness (QED) is 0.921. The SMILES string of the molecule is CC(C)(C)c1ccc(OCC(=O)NC2CC3CCC2C3)cc1. The van der Waals surface area contributed by atoms with E-state index in [9.17, 15) is 4.79 Å². The monoisotopic (exact) mass is 301 g/mol. The number of carbonyl (C=O) groups is 1. The lowest BCUT2D eigenvalue weighted by atomic mass is 9.87. The van der Waals surface area contributed by atoms with E-state index in [-0.39, 0.29) is 17.9 Å². The zero-order chi connectivity index (χ0) is 15.7. The second-order valence-electron chi connectivity index (χ2n) is 7.91. The Kier molecular flexibility index (Phi) is 4.16. The van der Waals surface area contributed by atoms with Gasteiger partial charge in [-0.25, -0.2) is 0 Å². The van der Waals surface area contributed by atoms with Gasteiger partial charge in [-0.1, -0.05) is 39.3 Å². The third-order valence-electron chi connectivity index (χ3n) is 5.17. The highest BCUT2D eigenvalue weighted by Crippen LogP contribution is 2.44. The highest BCUT2D eigenvalue weighted by molar-refractivity contribution is 5.78. The van der Waals surface area contributed by atoms with Gasteiger partial charge < -0.3 is 10.1 Å². The van der Waals surface area contributed by atoms with E-state index in [1.54, 1.807) is 0 Å². The van der Waals surface area contributed by atoms with Crippen LogP contribution in [0, 0.1) is 11.8 Å². The second kappa shape index (κ2) is 5.94. The van der Waals surface area contributed by atoms with Crippen LogP contribution in [0.1, 0.15) is 52.0 Å². The van der Waals surface area contributed by atoms with Crippen LogP contribution >= 0.6 is 0 Å². The lowest BCUT2D eigenvalue weighted by Gasteiger charge is -2.23. The van der Waals surface area contributed by atoms with Gasteiger partial charge in [-0.2, -0.15) is 0 Å². The lowest BCUT2D eigenvalue weighted by Crippen LogP contribution is -2.40. The Hall–Kier alpha value is -1.51. The number of benzene rings is 1. The predicted octanol–water partition coefficient (Wildman–Crippen LogP) is 3.67. The van der Waals surface area contributed by atoms with Gasteiger partial charge >= 0.3 is 0 Å². The molecule has 1 aromatic rings. The molecule has 0 radical (unpaired) electrons. The number of rotatable bonds is 4. The average Bonchev–Trinajstić information content (AvgIpc) is 3.07. The van der Waals surface area contributed by atoms with Gasteiger partial charge in [-0.15, -0.1) is 0 Å². The molecule has 120 valence electrons. The summed E-state index contributed by atoms with van der Waals surface area (Å²) in [4.78, 5) is 12.0. The molecule has 3 heteroatoms. The lowest BCUT2D eigenvalue weighted by molar-refractivity contribution is -0.124. The molecule has 3 unspecified atom stereocenters. The first-order chi connectivity index (χ1) is 10.4. The number of hydrogen-bond acceptors (Lipinski definition) is 2. The second-order valence-corrected chi connectivity index (χ2v) is 7.91. The summed E-state index contributed by atoms with van der Waals surface area (Å²) in [6.45, 7) is 6.67. The van der Waals surface area contributed by atoms with E-state index < -0.39 is 0 Å². The van der Waals surface area contributed by atoms with Crippen LogP contribution in [-0.4, -0.2) is 18.6 Å². The maximum absolute atomic E-state index is 12.0. The highest BCUT2D eigenvalue weighted by atomic mass is 16.5. The van der Waals surface area contributed by atoms with Crippen molar-refractivity contribution < 1.29 is 9.53 Å². The van der Waals surface area contributed by atoms with Gasteiger partial charge in [0, 0.05) is 6.04 Å². The van der Waals surface area contributed by atoms with E-state index in [1.165, 1.54) is 24.8 Å². The van der Waals surface area contributed by atoms with Crippen LogP contribution in [0.5, 0.6) is 5.75 Å². The summed E-state index contributed by atoms with van der Waals surface area (Å²) in [6, 6.07) is 8.43. The van der Waals surface area contributed by atoms with Crippen molar-refractivity contribution in [3.8, 4) is 5.75 Å². The summed E-state index contributed by atoms with van der Waals surface area (Å²) in [5, 5.41) is 3.15. The van der Waals surface area contributed by atoms with E-state index in [1.807, 2.05) is 12.1 Å². The molecule has 0 spiro atoms. The minimum atomic E-state index is 0.0115. The van der Waals surface area contributed by atoms with E-state index >= 15 is 0 Å². The number of nitrogens with one attached hydrogen (secondary N) is 1. The molecule has 2 aliphatic rings. The molecule has 2 saturated carbocycles. The van der Waals surface area contributed by atoms with Crippen LogP contribution < -0.4 is 10.1 Å². The largest absolute Gasteiger partial charge is 0.484 e. The summed E-state index contributed by atoms with van der Waals surface area (Å²) in [6.07, 6.45) is 5.11. The smallest absolute Gasteiger partial charge is 0.258 e. The number of carbonyl (C=O) groups excluding carboxylic acids is 1. The summed E-state index contributed by atoms with van der Waals surface area (Å²) in [5.74, 6) is 2.33. The van der Waals surface area contributed by atoms with Gasteiger partial charge in [-0.05, 0) is 54.2 Å². The maximum atomic E-state index is 12.0. The Bertz CT molecular complexity index is 529. The highest BCUT2D eigenvalue weighted by Gasteiger charge is 2.40. The number of fused-ring (bicyclic) bond motifs is 2. The fraction of sp³-hybridized carbons (Fsp3) is 0.632. The fourth-order valence-corrected chi connectivity index (χ4v) is 3.87. The number of amides is 1. The predicted molar refractivity (Wildman–Crippen MR) is 88.0 cm³/mol. The zero-order valence-corrected chi connectivity index (χ0v) is 13.9. The third kappa shape index (κ3) is 3.45. The molecule has 1 N–H and O–H groups in total. The molecule has 2 fully saturated rings. The zero-order valence-electron chi connectivity index (χ0n) is 13.9. The first kappa shape index (κ1) is 15.4. The van der Waals surface area contributed by atoms with Gasteiger partial charge in [0.2, 0.25) is 0 Å². The summed E-state index contributed by atoms with van der Waals surface area (Å²) < 4.78 is 5.61. The molecule has 2 aliphatic carbocycles. The van der Waals surface area contributed by atoms with Gasteiger partial charge in [-0.3, -0.25) is 4.79 Å². The minimum Gasteiger partial charge on any atom is -0.484 e. The van der Waals surface area contributed by atoms with Crippen LogP contribution in [0.4, 0.5) is 0 Å². The Labute approximate surface area is 133 Å². The molecule has 3 rings (SSSR count).